The van der Waals surface area contributed by atoms with Crippen molar-refractivity contribution >= 4 is 0 Å². The molecule has 0 radical (unpaired) electrons. The summed E-state index contributed by atoms with van der Waals surface area (Å²) < 4.78 is 37.8. The number of halogens is 3. The van der Waals surface area contributed by atoms with Crippen molar-refractivity contribution in [2.45, 2.75) is 18.1 Å². The first kappa shape index (κ1) is 13.8. The monoisotopic (exact) mass is 290 g/mol. The number of hydrogen-bond acceptors (Lipinski definition) is 2. The van der Waals surface area contributed by atoms with E-state index in [4.69, 9.17) is 0 Å². The molecule has 2 unspecified atom stereocenters. The highest BCUT2D eigenvalue weighted by atomic mass is 19.4. The summed E-state index contributed by atoms with van der Waals surface area (Å²) in [6, 6.07) is 14.8. The maximum Gasteiger partial charge on any atom is 0.416 e. The van der Waals surface area contributed by atoms with Gasteiger partial charge in [-0.3, -0.25) is 0 Å². The van der Waals surface area contributed by atoms with Gasteiger partial charge in [-0.05, 0) is 23.3 Å². The summed E-state index contributed by atoms with van der Waals surface area (Å²) in [6.07, 6.45) is -4.31. The zero-order valence-electron chi connectivity index (χ0n) is 11.1. The number of nitrogens with zero attached hydrogens (tertiary/aromatic N) is 2. The number of hydrogen-bond donors (Lipinski definition) is 0. The van der Waals surface area contributed by atoms with Gasteiger partial charge in [-0.25, -0.2) is 0 Å². The van der Waals surface area contributed by atoms with Crippen LogP contribution in [0.4, 0.5) is 13.2 Å². The molecule has 1 aliphatic heterocycles. The Morgan fingerprint density at radius 1 is 0.857 bits per heavy atom. The Kier molecular flexibility index (Phi) is 3.49. The zero-order valence-corrected chi connectivity index (χ0v) is 11.1. The van der Waals surface area contributed by atoms with Gasteiger partial charge in [0, 0.05) is 5.92 Å². The number of alkyl halides is 3. The van der Waals surface area contributed by atoms with Crippen LogP contribution >= 0.6 is 0 Å². The largest absolute Gasteiger partial charge is 0.416 e. The van der Waals surface area contributed by atoms with E-state index in [1.807, 2.05) is 30.3 Å². The average molecular weight is 290 g/mol. The Hall–Kier alpha value is -2.17. The van der Waals surface area contributed by atoms with Crippen LogP contribution < -0.4 is 0 Å². The van der Waals surface area contributed by atoms with Gasteiger partial charge in [0.05, 0.1) is 12.1 Å². The molecule has 2 nitrogen and oxygen atoms in total. The van der Waals surface area contributed by atoms with Crippen LogP contribution in [0.3, 0.4) is 0 Å². The highest BCUT2D eigenvalue weighted by Crippen LogP contribution is 2.39. The van der Waals surface area contributed by atoms with Gasteiger partial charge in [-0.2, -0.15) is 23.4 Å². The lowest BCUT2D eigenvalue weighted by Crippen LogP contribution is -2.09. The molecule has 108 valence electrons. The van der Waals surface area contributed by atoms with E-state index < -0.39 is 11.7 Å². The predicted molar refractivity (Wildman–Crippen MR) is 73.1 cm³/mol. The summed E-state index contributed by atoms with van der Waals surface area (Å²) in [5.41, 5.74) is 1.22. The Morgan fingerprint density at radius 3 is 2.14 bits per heavy atom. The second-order valence-corrected chi connectivity index (χ2v) is 5.02. The molecule has 2 atom stereocenters. The number of azo groups is 1. The van der Waals surface area contributed by atoms with E-state index in [0.29, 0.717) is 6.54 Å². The molecule has 2 aromatic rings. The second-order valence-electron chi connectivity index (χ2n) is 5.02. The van der Waals surface area contributed by atoms with E-state index in [1.165, 1.54) is 12.1 Å². The Morgan fingerprint density at radius 2 is 1.52 bits per heavy atom. The van der Waals surface area contributed by atoms with Crippen molar-refractivity contribution in [1.29, 1.82) is 0 Å². The third-order valence-electron chi connectivity index (χ3n) is 3.67. The van der Waals surface area contributed by atoms with Gasteiger partial charge in [0.25, 0.3) is 0 Å². The molecule has 21 heavy (non-hydrogen) atoms. The first-order valence-electron chi connectivity index (χ1n) is 6.64. The van der Waals surface area contributed by atoms with Crippen LogP contribution in [0.25, 0.3) is 0 Å². The molecule has 2 aromatic carbocycles. The van der Waals surface area contributed by atoms with Crippen molar-refractivity contribution in [2.24, 2.45) is 10.2 Å². The van der Waals surface area contributed by atoms with Gasteiger partial charge in [0.2, 0.25) is 0 Å². The van der Waals surface area contributed by atoms with Crippen LogP contribution in [0.15, 0.2) is 64.8 Å². The topological polar surface area (TPSA) is 24.7 Å². The van der Waals surface area contributed by atoms with E-state index >= 15 is 0 Å². The molecule has 0 saturated carbocycles. The Labute approximate surface area is 120 Å². The van der Waals surface area contributed by atoms with Crippen molar-refractivity contribution in [1.82, 2.24) is 0 Å². The average Bonchev–Trinajstić information content (AvgIpc) is 2.97. The first-order valence-corrected chi connectivity index (χ1v) is 6.64. The summed E-state index contributed by atoms with van der Waals surface area (Å²) in [6.45, 7) is 0.565. The fourth-order valence-electron chi connectivity index (χ4n) is 2.56. The summed E-state index contributed by atoms with van der Waals surface area (Å²) in [5, 5.41) is 8.27. The van der Waals surface area contributed by atoms with Crippen molar-refractivity contribution in [2.75, 3.05) is 6.54 Å². The van der Waals surface area contributed by atoms with Crippen molar-refractivity contribution in [3.63, 3.8) is 0 Å². The standard InChI is InChI=1S/C16H13F3N2/c17-16(18,19)13-8-6-12(7-9-13)15-14(10-20-21-15)11-4-2-1-3-5-11/h1-9,14-15H,10H2. The molecule has 1 aliphatic rings. The molecule has 5 heteroatoms. The van der Waals surface area contributed by atoms with Gasteiger partial charge in [0.15, 0.2) is 0 Å². The van der Waals surface area contributed by atoms with Crippen molar-refractivity contribution in [3.8, 4) is 0 Å². The molecular formula is C16H13F3N2. The maximum atomic E-state index is 12.6. The molecular weight excluding hydrogens is 277 g/mol. The van der Waals surface area contributed by atoms with Gasteiger partial charge in [-0.15, -0.1) is 0 Å². The quantitative estimate of drug-likeness (QED) is 0.744. The summed E-state index contributed by atoms with van der Waals surface area (Å²) in [7, 11) is 0. The van der Waals surface area contributed by atoms with Crippen LogP contribution in [0.2, 0.25) is 0 Å². The number of benzene rings is 2. The smallest absolute Gasteiger partial charge is 0.193 e. The minimum Gasteiger partial charge on any atom is -0.193 e. The number of rotatable bonds is 2. The molecule has 0 aliphatic carbocycles. The molecule has 0 N–H and O–H groups in total. The van der Waals surface area contributed by atoms with Crippen LogP contribution in [0, 0.1) is 0 Å². The minimum atomic E-state index is -4.31. The van der Waals surface area contributed by atoms with E-state index in [2.05, 4.69) is 10.2 Å². The lowest BCUT2D eigenvalue weighted by molar-refractivity contribution is -0.137. The van der Waals surface area contributed by atoms with E-state index in [9.17, 15) is 13.2 Å². The van der Waals surface area contributed by atoms with E-state index in [-0.39, 0.29) is 12.0 Å². The van der Waals surface area contributed by atoms with E-state index in [1.54, 1.807) is 0 Å². The van der Waals surface area contributed by atoms with Crippen LogP contribution in [-0.2, 0) is 6.18 Å². The van der Waals surface area contributed by atoms with Gasteiger partial charge < -0.3 is 0 Å². The molecule has 0 amide bonds. The predicted octanol–water partition coefficient (Wildman–Crippen LogP) is 5.00. The summed E-state index contributed by atoms with van der Waals surface area (Å²) in [5.74, 6) is 0.0861. The summed E-state index contributed by atoms with van der Waals surface area (Å²) >= 11 is 0. The molecule has 0 bridgehead atoms. The third-order valence-corrected chi connectivity index (χ3v) is 3.67. The SMILES string of the molecule is FC(F)(F)c1ccc(C2N=NCC2c2ccccc2)cc1. The lowest BCUT2D eigenvalue weighted by atomic mass is 9.88. The second kappa shape index (κ2) is 5.31. The van der Waals surface area contributed by atoms with Crippen LogP contribution in [-0.4, -0.2) is 6.54 Å². The molecule has 0 aromatic heterocycles. The van der Waals surface area contributed by atoms with Crippen molar-refractivity contribution < 1.29 is 13.2 Å². The molecule has 0 fully saturated rings. The molecule has 3 rings (SSSR count). The van der Waals surface area contributed by atoms with Crippen molar-refractivity contribution in [3.05, 3.63) is 71.3 Å². The minimum absolute atomic E-state index is 0.0861. The highest BCUT2D eigenvalue weighted by molar-refractivity contribution is 5.32. The zero-order chi connectivity index (χ0) is 14.9. The molecule has 0 spiro atoms. The summed E-state index contributed by atoms with van der Waals surface area (Å²) in [4.78, 5) is 0. The molecule has 0 saturated heterocycles. The molecule has 1 heterocycles. The normalized spacial score (nSPS) is 21.7. The van der Waals surface area contributed by atoms with Crippen LogP contribution in [0.5, 0.6) is 0 Å². The fraction of sp³-hybridized carbons (Fsp3) is 0.250. The first-order chi connectivity index (χ1) is 10.1. The third kappa shape index (κ3) is 2.82. The highest BCUT2D eigenvalue weighted by Gasteiger charge is 2.32. The Balaban J connectivity index is 1.87. The van der Waals surface area contributed by atoms with Crippen LogP contribution in [0.1, 0.15) is 28.7 Å². The van der Waals surface area contributed by atoms with Gasteiger partial charge >= 0.3 is 6.18 Å². The van der Waals surface area contributed by atoms with Gasteiger partial charge in [-0.1, -0.05) is 42.5 Å². The lowest BCUT2D eigenvalue weighted by Gasteiger charge is -2.17. The van der Waals surface area contributed by atoms with E-state index in [0.717, 1.165) is 23.3 Å². The fourth-order valence-corrected chi connectivity index (χ4v) is 2.56. The van der Waals surface area contributed by atoms with Gasteiger partial charge in [0.1, 0.15) is 6.04 Å². The Bertz CT molecular complexity index is 633. The maximum absolute atomic E-state index is 12.6.